The molecule has 0 aromatic carbocycles. The first-order chi connectivity index (χ1) is 6.93. The molecule has 0 aliphatic carbocycles. The predicted octanol–water partition coefficient (Wildman–Crippen LogP) is -0.565. The SMILES string of the molecule is CNC(=O)C(C)CN(C)C(=O)C(C)NC. The van der Waals surface area contributed by atoms with Crippen molar-refractivity contribution in [2.24, 2.45) is 5.92 Å². The third-order valence-electron chi connectivity index (χ3n) is 2.42. The molecule has 0 aliphatic rings. The van der Waals surface area contributed by atoms with Crippen molar-refractivity contribution in [1.29, 1.82) is 0 Å². The molecule has 0 bridgehead atoms. The number of carbonyl (C=O) groups is 2. The lowest BCUT2D eigenvalue weighted by Gasteiger charge is -2.23. The van der Waals surface area contributed by atoms with Crippen LogP contribution in [0.4, 0.5) is 0 Å². The third-order valence-corrected chi connectivity index (χ3v) is 2.42. The number of carbonyl (C=O) groups excluding carboxylic acids is 2. The Balaban J connectivity index is 4.18. The zero-order valence-electron chi connectivity index (χ0n) is 10.1. The minimum absolute atomic E-state index is 0.00625. The van der Waals surface area contributed by atoms with Crippen LogP contribution in [0.15, 0.2) is 0 Å². The summed E-state index contributed by atoms with van der Waals surface area (Å²) in [6, 6.07) is -0.216. The number of nitrogens with one attached hydrogen (secondary N) is 2. The number of rotatable bonds is 5. The van der Waals surface area contributed by atoms with E-state index >= 15 is 0 Å². The Morgan fingerprint density at radius 2 is 1.80 bits per heavy atom. The fraction of sp³-hybridized carbons (Fsp3) is 0.800. The number of hydrogen-bond acceptors (Lipinski definition) is 3. The first-order valence-electron chi connectivity index (χ1n) is 5.07. The van der Waals surface area contributed by atoms with Gasteiger partial charge in [0, 0.05) is 20.6 Å². The van der Waals surface area contributed by atoms with Gasteiger partial charge >= 0.3 is 0 Å². The smallest absolute Gasteiger partial charge is 0.239 e. The van der Waals surface area contributed by atoms with Crippen molar-refractivity contribution in [2.75, 3.05) is 27.7 Å². The van der Waals surface area contributed by atoms with Crippen LogP contribution in [0.5, 0.6) is 0 Å². The Morgan fingerprint density at radius 1 is 1.27 bits per heavy atom. The van der Waals surface area contributed by atoms with E-state index in [1.54, 1.807) is 39.9 Å². The van der Waals surface area contributed by atoms with Crippen molar-refractivity contribution in [3.05, 3.63) is 0 Å². The summed E-state index contributed by atoms with van der Waals surface area (Å²) in [6.07, 6.45) is 0. The van der Waals surface area contributed by atoms with Gasteiger partial charge in [-0.1, -0.05) is 6.92 Å². The van der Waals surface area contributed by atoms with Crippen molar-refractivity contribution in [2.45, 2.75) is 19.9 Å². The Labute approximate surface area is 91.2 Å². The molecule has 0 aliphatic heterocycles. The fourth-order valence-electron chi connectivity index (χ4n) is 1.28. The fourth-order valence-corrected chi connectivity index (χ4v) is 1.28. The quantitative estimate of drug-likeness (QED) is 0.646. The Kier molecular flexibility index (Phi) is 5.93. The van der Waals surface area contributed by atoms with Gasteiger partial charge in [0.05, 0.1) is 12.0 Å². The van der Waals surface area contributed by atoms with Gasteiger partial charge in [0.2, 0.25) is 11.8 Å². The second-order valence-corrected chi connectivity index (χ2v) is 3.74. The first kappa shape index (κ1) is 13.9. The lowest BCUT2D eigenvalue weighted by Crippen LogP contribution is -2.45. The van der Waals surface area contributed by atoms with Crippen molar-refractivity contribution < 1.29 is 9.59 Å². The molecule has 88 valence electrons. The molecular weight excluding hydrogens is 194 g/mol. The number of nitrogens with zero attached hydrogens (tertiary/aromatic N) is 1. The van der Waals surface area contributed by atoms with Gasteiger partial charge in [0.15, 0.2) is 0 Å². The molecule has 2 amide bonds. The Hall–Kier alpha value is -1.10. The standard InChI is InChI=1S/C10H21N3O2/c1-7(9(14)12-4)6-13(5)10(15)8(2)11-3/h7-8,11H,6H2,1-5H3,(H,12,14). The summed E-state index contributed by atoms with van der Waals surface area (Å²) in [4.78, 5) is 24.5. The van der Waals surface area contributed by atoms with Gasteiger partial charge in [0.1, 0.15) is 0 Å². The van der Waals surface area contributed by atoms with E-state index in [-0.39, 0.29) is 23.8 Å². The number of likely N-dealkylation sites (N-methyl/N-ethyl adjacent to an activating group) is 2. The highest BCUT2D eigenvalue weighted by molar-refractivity contribution is 5.83. The minimum Gasteiger partial charge on any atom is -0.359 e. The predicted molar refractivity (Wildman–Crippen MR) is 59.4 cm³/mol. The van der Waals surface area contributed by atoms with Gasteiger partial charge in [-0.3, -0.25) is 9.59 Å². The van der Waals surface area contributed by atoms with E-state index < -0.39 is 0 Å². The van der Waals surface area contributed by atoms with Crippen LogP contribution >= 0.6 is 0 Å². The Morgan fingerprint density at radius 3 is 2.20 bits per heavy atom. The van der Waals surface area contributed by atoms with Crippen LogP contribution in [0.1, 0.15) is 13.8 Å². The molecular formula is C10H21N3O2. The Bertz CT molecular complexity index is 231. The lowest BCUT2D eigenvalue weighted by molar-refractivity contribution is -0.133. The molecule has 0 radical (unpaired) electrons. The number of hydrogen-bond donors (Lipinski definition) is 2. The second-order valence-electron chi connectivity index (χ2n) is 3.74. The van der Waals surface area contributed by atoms with E-state index in [4.69, 9.17) is 0 Å². The van der Waals surface area contributed by atoms with Crippen molar-refractivity contribution in [3.8, 4) is 0 Å². The van der Waals surface area contributed by atoms with Gasteiger partial charge in [0.25, 0.3) is 0 Å². The maximum absolute atomic E-state index is 11.7. The average molecular weight is 215 g/mol. The maximum atomic E-state index is 11.7. The van der Waals surface area contributed by atoms with E-state index in [1.165, 1.54) is 0 Å². The molecule has 5 nitrogen and oxygen atoms in total. The first-order valence-corrected chi connectivity index (χ1v) is 5.07. The highest BCUT2D eigenvalue weighted by Gasteiger charge is 2.20. The third kappa shape index (κ3) is 4.29. The molecule has 0 heterocycles. The number of amides is 2. The highest BCUT2D eigenvalue weighted by atomic mass is 16.2. The van der Waals surface area contributed by atoms with Gasteiger partial charge in [-0.15, -0.1) is 0 Å². The van der Waals surface area contributed by atoms with Crippen molar-refractivity contribution >= 4 is 11.8 Å². The van der Waals surface area contributed by atoms with Gasteiger partial charge in [-0.05, 0) is 14.0 Å². The van der Waals surface area contributed by atoms with Crippen LogP contribution in [0, 0.1) is 5.92 Å². The summed E-state index contributed by atoms with van der Waals surface area (Å²) in [5.41, 5.74) is 0. The second kappa shape index (κ2) is 6.40. The summed E-state index contributed by atoms with van der Waals surface area (Å²) in [5, 5.41) is 5.43. The summed E-state index contributed by atoms with van der Waals surface area (Å²) in [7, 11) is 5.03. The molecule has 0 saturated carbocycles. The molecule has 0 saturated heterocycles. The molecule has 2 atom stereocenters. The van der Waals surface area contributed by atoms with Crippen LogP contribution < -0.4 is 10.6 Å². The monoisotopic (exact) mass is 215 g/mol. The topological polar surface area (TPSA) is 61.4 Å². The van der Waals surface area contributed by atoms with Crippen LogP contribution in [-0.4, -0.2) is 50.4 Å². The molecule has 0 spiro atoms. The van der Waals surface area contributed by atoms with Crippen LogP contribution in [0.3, 0.4) is 0 Å². The molecule has 0 aromatic rings. The molecule has 2 N–H and O–H groups in total. The van der Waals surface area contributed by atoms with E-state index in [0.29, 0.717) is 6.54 Å². The average Bonchev–Trinajstić information content (AvgIpc) is 2.25. The zero-order valence-corrected chi connectivity index (χ0v) is 10.1. The maximum Gasteiger partial charge on any atom is 0.239 e. The van der Waals surface area contributed by atoms with Gasteiger partial charge < -0.3 is 15.5 Å². The van der Waals surface area contributed by atoms with Crippen LogP contribution in [0.2, 0.25) is 0 Å². The van der Waals surface area contributed by atoms with Crippen LogP contribution in [-0.2, 0) is 9.59 Å². The largest absolute Gasteiger partial charge is 0.359 e. The van der Waals surface area contributed by atoms with Crippen LogP contribution in [0.25, 0.3) is 0 Å². The van der Waals surface area contributed by atoms with Gasteiger partial charge in [-0.25, -0.2) is 0 Å². The molecule has 15 heavy (non-hydrogen) atoms. The van der Waals surface area contributed by atoms with Crippen molar-refractivity contribution in [3.63, 3.8) is 0 Å². The molecule has 2 unspecified atom stereocenters. The summed E-state index contributed by atoms with van der Waals surface area (Å²) in [6.45, 7) is 4.03. The van der Waals surface area contributed by atoms with E-state index in [0.717, 1.165) is 0 Å². The van der Waals surface area contributed by atoms with Gasteiger partial charge in [-0.2, -0.15) is 0 Å². The molecule has 0 fully saturated rings. The normalized spacial score (nSPS) is 14.2. The molecule has 0 aromatic heterocycles. The molecule has 0 rings (SSSR count). The summed E-state index contributed by atoms with van der Waals surface area (Å²) < 4.78 is 0. The zero-order chi connectivity index (χ0) is 12.0. The highest BCUT2D eigenvalue weighted by Crippen LogP contribution is 2.00. The summed E-state index contributed by atoms with van der Waals surface area (Å²) >= 11 is 0. The van der Waals surface area contributed by atoms with E-state index in [9.17, 15) is 9.59 Å². The van der Waals surface area contributed by atoms with Crippen molar-refractivity contribution in [1.82, 2.24) is 15.5 Å². The molecule has 5 heteroatoms. The van der Waals surface area contributed by atoms with E-state index in [2.05, 4.69) is 10.6 Å². The summed E-state index contributed by atoms with van der Waals surface area (Å²) in [5.74, 6) is -0.243. The minimum atomic E-state index is -0.216. The lowest BCUT2D eigenvalue weighted by atomic mass is 10.1. The van der Waals surface area contributed by atoms with E-state index in [1.807, 2.05) is 0 Å².